The third-order valence-electron chi connectivity index (χ3n) is 20.1. The second kappa shape index (κ2) is 16.4. The zero-order chi connectivity index (χ0) is 55.3. The second-order valence-electron chi connectivity index (χ2n) is 23.7. The molecular formula is C82H49N3. The van der Waals surface area contributed by atoms with Gasteiger partial charge in [0, 0.05) is 32.3 Å². The Balaban J connectivity index is 0.920. The fourth-order valence-electron chi connectivity index (χ4n) is 17.1. The molecule has 0 saturated carbocycles. The van der Waals surface area contributed by atoms with E-state index in [0.29, 0.717) is 0 Å². The van der Waals surface area contributed by atoms with Crippen LogP contribution in [-0.2, 0) is 10.8 Å². The van der Waals surface area contributed by atoms with Crippen molar-refractivity contribution in [2.24, 2.45) is 0 Å². The van der Waals surface area contributed by atoms with E-state index in [-0.39, 0.29) is 0 Å². The SMILES string of the molecule is c1ccc2c(c1)-c1ccccc1C21c2ccccc2N(c2cccc3c(-c4ccc5c6ccccc6n6c7ccccc7c4c56)c4cccc(N5c6ccccc6C6(c7ccccc7-c7ccccc76)c6ccccc65)c4cc23)c2ccccc21. The molecule has 3 nitrogen and oxygen atoms in total. The van der Waals surface area contributed by atoms with Crippen LogP contribution in [0.5, 0.6) is 0 Å². The molecule has 14 aromatic carbocycles. The molecule has 0 radical (unpaired) electrons. The molecule has 2 aromatic heterocycles. The minimum absolute atomic E-state index is 0.537. The highest BCUT2D eigenvalue weighted by Crippen LogP contribution is 2.66. The van der Waals surface area contributed by atoms with Crippen LogP contribution in [-0.4, -0.2) is 4.40 Å². The average Bonchev–Trinajstić information content (AvgIpc) is 2.73. The van der Waals surface area contributed by atoms with Crippen molar-refractivity contribution in [2.45, 2.75) is 10.8 Å². The first-order chi connectivity index (χ1) is 42.2. The third kappa shape index (κ3) is 5.44. The van der Waals surface area contributed by atoms with Crippen LogP contribution in [0.2, 0.25) is 0 Å². The van der Waals surface area contributed by atoms with Gasteiger partial charge < -0.3 is 14.2 Å². The van der Waals surface area contributed by atoms with Crippen molar-refractivity contribution >= 4 is 93.8 Å². The van der Waals surface area contributed by atoms with E-state index in [9.17, 15) is 0 Å². The van der Waals surface area contributed by atoms with Crippen LogP contribution < -0.4 is 9.80 Å². The maximum Gasteiger partial charge on any atom is 0.0754 e. The van der Waals surface area contributed by atoms with Crippen LogP contribution in [0, 0.1) is 0 Å². The molecule has 0 fully saturated rings. The zero-order valence-electron chi connectivity index (χ0n) is 46.1. The lowest BCUT2D eigenvalue weighted by Gasteiger charge is -2.45. The Bertz CT molecular complexity index is 5160. The fraction of sp³-hybridized carbons (Fsp3) is 0.0244. The summed E-state index contributed by atoms with van der Waals surface area (Å²) < 4.78 is 2.52. The number of aromatic nitrogens is 1. The minimum Gasteiger partial charge on any atom is -0.309 e. The monoisotopic (exact) mass is 1080 g/mol. The van der Waals surface area contributed by atoms with E-state index in [2.05, 4.69) is 311 Å². The van der Waals surface area contributed by atoms with Gasteiger partial charge in [-0.25, -0.2) is 0 Å². The normalized spacial score (nSPS) is 14.5. The average molecular weight is 1080 g/mol. The highest BCUT2D eigenvalue weighted by Gasteiger charge is 2.53. The third-order valence-corrected chi connectivity index (χ3v) is 20.1. The summed E-state index contributed by atoms with van der Waals surface area (Å²) in [6.45, 7) is 0. The van der Waals surface area contributed by atoms with Gasteiger partial charge in [-0.3, -0.25) is 0 Å². The van der Waals surface area contributed by atoms with Crippen molar-refractivity contribution in [3.63, 3.8) is 0 Å². The lowest BCUT2D eigenvalue weighted by molar-refractivity contribution is 0.753. The number of nitrogens with zero attached hydrogens (tertiary/aromatic N) is 3. The molecule has 0 amide bonds. The van der Waals surface area contributed by atoms with Crippen molar-refractivity contribution < 1.29 is 0 Å². The molecular weight excluding hydrogens is 1030 g/mol. The van der Waals surface area contributed by atoms with Gasteiger partial charge in [0.2, 0.25) is 0 Å². The fourth-order valence-corrected chi connectivity index (χ4v) is 17.1. The maximum atomic E-state index is 2.60. The lowest BCUT2D eigenvalue weighted by Crippen LogP contribution is -2.36. The van der Waals surface area contributed by atoms with Crippen molar-refractivity contribution in [1.82, 2.24) is 4.40 Å². The van der Waals surface area contributed by atoms with E-state index < -0.39 is 10.8 Å². The smallest absolute Gasteiger partial charge is 0.0754 e. The first kappa shape index (κ1) is 45.6. The number of rotatable bonds is 3. The molecule has 20 rings (SSSR count). The Morgan fingerprint density at radius 1 is 0.212 bits per heavy atom. The van der Waals surface area contributed by atoms with E-state index in [1.807, 2.05) is 0 Å². The van der Waals surface area contributed by atoms with Gasteiger partial charge in [-0.2, -0.15) is 0 Å². The molecule has 0 saturated heterocycles. The molecule has 2 spiro atoms. The number of fused-ring (bicyclic) bond motifs is 26. The predicted molar refractivity (Wildman–Crippen MR) is 353 cm³/mol. The predicted octanol–water partition coefficient (Wildman–Crippen LogP) is 21.1. The van der Waals surface area contributed by atoms with E-state index in [1.165, 1.54) is 160 Å². The highest BCUT2D eigenvalue weighted by atomic mass is 15.2. The van der Waals surface area contributed by atoms with Crippen LogP contribution in [0.15, 0.2) is 297 Å². The summed E-state index contributed by atoms with van der Waals surface area (Å²) in [4.78, 5) is 5.19. The molecule has 16 aromatic rings. The first-order valence-corrected chi connectivity index (χ1v) is 29.8. The van der Waals surface area contributed by atoms with E-state index in [0.717, 1.165) is 11.4 Å². The summed E-state index contributed by atoms with van der Waals surface area (Å²) >= 11 is 0. The van der Waals surface area contributed by atoms with Crippen LogP contribution in [0.25, 0.3) is 93.0 Å². The Morgan fingerprint density at radius 2 is 0.541 bits per heavy atom. The van der Waals surface area contributed by atoms with E-state index >= 15 is 0 Å². The summed E-state index contributed by atoms with van der Waals surface area (Å²) in [5.74, 6) is 0. The van der Waals surface area contributed by atoms with Gasteiger partial charge in [0.25, 0.3) is 0 Å². The Labute approximate surface area is 491 Å². The van der Waals surface area contributed by atoms with Gasteiger partial charge in [-0.15, -0.1) is 0 Å². The Hall–Kier alpha value is -11.0. The first-order valence-electron chi connectivity index (χ1n) is 29.8. The van der Waals surface area contributed by atoms with Gasteiger partial charge in [-0.1, -0.05) is 243 Å². The quantitative estimate of drug-likeness (QED) is 0.163. The minimum atomic E-state index is -0.537. The molecule has 2 aliphatic heterocycles. The molecule has 4 heterocycles. The molecule has 4 aliphatic rings. The van der Waals surface area contributed by atoms with Crippen molar-refractivity contribution in [3.8, 4) is 33.4 Å². The van der Waals surface area contributed by atoms with Gasteiger partial charge in [0.1, 0.15) is 0 Å². The zero-order valence-corrected chi connectivity index (χ0v) is 46.1. The maximum absolute atomic E-state index is 2.60. The summed E-state index contributed by atoms with van der Waals surface area (Å²) in [6, 6.07) is 113. The highest BCUT2D eigenvalue weighted by molar-refractivity contribution is 6.31. The number of benzene rings is 14. The largest absolute Gasteiger partial charge is 0.309 e. The van der Waals surface area contributed by atoms with Crippen LogP contribution in [0.1, 0.15) is 44.5 Å². The molecule has 392 valence electrons. The number of hydrogen-bond acceptors (Lipinski definition) is 2. The van der Waals surface area contributed by atoms with Crippen molar-refractivity contribution in [1.29, 1.82) is 0 Å². The Kier molecular flexibility index (Phi) is 8.79. The van der Waals surface area contributed by atoms with Crippen molar-refractivity contribution in [3.05, 3.63) is 342 Å². The Morgan fingerprint density at radius 3 is 0.976 bits per heavy atom. The van der Waals surface area contributed by atoms with E-state index in [1.54, 1.807) is 0 Å². The molecule has 0 atom stereocenters. The number of hydrogen-bond donors (Lipinski definition) is 0. The molecule has 3 heteroatoms. The van der Waals surface area contributed by atoms with Crippen LogP contribution >= 0.6 is 0 Å². The molecule has 0 N–H and O–H groups in total. The second-order valence-corrected chi connectivity index (χ2v) is 23.7. The van der Waals surface area contributed by atoms with Gasteiger partial charge in [0.05, 0.1) is 61.5 Å². The van der Waals surface area contributed by atoms with Crippen LogP contribution in [0.3, 0.4) is 0 Å². The summed E-state index contributed by atoms with van der Waals surface area (Å²) in [7, 11) is 0. The molecule has 0 bridgehead atoms. The number of para-hydroxylation sites is 6. The van der Waals surface area contributed by atoms with E-state index in [4.69, 9.17) is 0 Å². The topological polar surface area (TPSA) is 10.9 Å². The summed E-state index contributed by atoms with van der Waals surface area (Å²) in [5.41, 5.74) is 27.6. The van der Waals surface area contributed by atoms with Crippen molar-refractivity contribution in [2.75, 3.05) is 9.80 Å². The van der Waals surface area contributed by atoms with Gasteiger partial charge in [-0.05, 0) is 143 Å². The van der Waals surface area contributed by atoms with Gasteiger partial charge >= 0.3 is 0 Å². The summed E-state index contributed by atoms with van der Waals surface area (Å²) in [5, 5.41) is 9.83. The van der Waals surface area contributed by atoms with Crippen LogP contribution in [0.4, 0.5) is 34.1 Å². The van der Waals surface area contributed by atoms with Gasteiger partial charge in [0.15, 0.2) is 0 Å². The molecule has 2 aliphatic carbocycles. The summed E-state index contributed by atoms with van der Waals surface area (Å²) in [6.07, 6.45) is 0. The molecule has 85 heavy (non-hydrogen) atoms. The standard InChI is InChI=1S/C82H49N3/c1-7-31-62-50(23-1)51-24-2-8-32-63(51)81(62)66-35-11-17-41-74(66)83(75-42-18-12-36-67(75)81)72-45-21-29-55-60(72)49-61-56(78(55)59-48-47-57-54-27-5-15-39-70(54)85-71-40-16-6-28-58(71)79(59)80(57)85)30-22-46-73(61)84-76-43-19-13-37-68(76)82(69-38-14-20-44-77(69)84)64-33-9-3-25-52(64)53-26-4-10-34-65(53)82/h1-49H. The molecule has 0 unspecified atom stereocenters. The lowest BCUT2D eigenvalue weighted by atomic mass is 9.64. The number of anilines is 6.